The van der Waals surface area contributed by atoms with Crippen LogP contribution in [0.25, 0.3) is 0 Å². The van der Waals surface area contributed by atoms with Crippen molar-refractivity contribution in [3.8, 4) is 0 Å². The monoisotopic (exact) mass is 376 g/mol. The fourth-order valence-electron chi connectivity index (χ4n) is 2.83. The van der Waals surface area contributed by atoms with Gasteiger partial charge < -0.3 is 10.2 Å². The molecule has 0 saturated heterocycles. The molecule has 5 heteroatoms. The number of nitrogens with one attached hydrogen (secondary N) is 1. The first-order chi connectivity index (χ1) is 13.5. The molecule has 0 saturated carbocycles. The van der Waals surface area contributed by atoms with Crippen LogP contribution in [0, 0.1) is 5.82 Å². The van der Waals surface area contributed by atoms with E-state index in [0.717, 1.165) is 11.3 Å². The van der Waals surface area contributed by atoms with Gasteiger partial charge in [0, 0.05) is 30.4 Å². The number of nitrogens with zero attached hydrogens (tertiary/aromatic N) is 1. The number of carbonyl (C=O) groups is 2. The van der Waals surface area contributed by atoms with Crippen molar-refractivity contribution < 1.29 is 14.0 Å². The van der Waals surface area contributed by atoms with Crippen LogP contribution in [-0.4, -0.2) is 25.4 Å². The van der Waals surface area contributed by atoms with Gasteiger partial charge in [-0.1, -0.05) is 36.4 Å². The zero-order valence-electron chi connectivity index (χ0n) is 15.6. The minimum atomic E-state index is -0.283. The average Bonchev–Trinajstić information content (AvgIpc) is 2.74. The maximum atomic E-state index is 12.9. The van der Waals surface area contributed by atoms with Crippen molar-refractivity contribution in [2.45, 2.75) is 6.42 Å². The van der Waals surface area contributed by atoms with Gasteiger partial charge in [-0.25, -0.2) is 4.39 Å². The van der Waals surface area contributed by atoms with E-state index in [1.54, 1.807) is 48.3 Å². The molecule has 28 heavy (non-hydrogen) atoms. The highest BCUT2D eigenvalue weighted by Gasteiger charge is 2.15. The maximum Gasteiger partial charge on any atom is 0.258 e. The fraction of sp³-hybridized carbons (Fsp3) is 0.130. The minimum Gasteiger partial charge on any atom is -0.352 e. The second kappa shape index (κ2) is 8.95. The summed E-state index contributed by atoms with van der Waals surface area (Å²) in [6.07, 6.45) is 0.599. The molecule has 2 amide bonds. The predicted molar refractivity (Wildman–Crippen MR) is 108 cm³/mol. The highest BCUT2D eigenvalue weighted by atomic mass is 19.1. The van der Waals surface area contributed by atoms with Crippen LogP contribution < -0.4 is 10.2 Å². The Balaban J connectivity index is 1.62. The lowest BCUT2D eigenvalue weighted by atomic mass is 10.1. The van der Waals surface area contributed by atoms with E-state index in [1.165, 1.54) is 12.1 Å². The lowest BCUT2D eigenvalue weighted by molar-refractivity contribution is 0.0954. The molecule has 0 spiro atoms. The number of hydrogen-bond acceptors (Lipinski definition) is 2. The van der Waals surface area contributed by atoms with Gasteiger partial charge in [-0.2, -0.15) is 0 Å². The smallest absolute Gasteiger partial charge is 0.258 e. The largest absolute Gasteiger partial charge is 0.352 e. The normalized spacial score (nSPS) is 10.4. The number of benzene rings is 3. The lowest BCUT2D eigenvalue weighted by Crippen LogP contribution is -2.28. The van der Waals surface area contributed by atoms with Gasteiger partial charge in [0.25, 0.3) is 11.8 Å². The molecule has 4 nitrogen and oxygen atoms in total. The summed E-state index contributed by atoms with van der Waals surface area (Å²) in [7, 11) is 1.70. The van der Waals surface area contributed by atoms with Gasteiger partial charge in [-0.15, -0.1) is 0 Å². The van der Waals surface area contributed by atoms with Crippen molar-refractivity contribution in [3.05, 3.63) is 101 Å². The number of amides is 2. The van der Waals surface area contributed by atoms with E-state index < -0.39 is 0 Å². The zero-order valence-corrected chi connectivity index (χ0v) is 15.6. The van der Waals surface area contributed by atoms with Crippen LogP contribution in [0.3, 0.4) is 0 Å². The fourth-order valence-corrected chi connectivity index (χ4v) is 2.83. The topological polar surface area (TPSA) is 49.4 Å². The van der Waals surface area contributed by atoms with Gasteiger partial charge >= 0.3 is 0 Å². The molecular formula is C23H21FN2O2. The van der Waals surface area contributed by atoms with Crippen LogP contribution in [0.15, 0.2) is 78.9 Å². The number of para-hydroxylation sites is 1. The summed E-state index contributed by atoms with van der Waals surface area (Å²) in [5.74, 6) is -0.721. The SMILES string of the molecule is CN(C(=O)c1cccc(C(=O)NCCc2ccc(F)cc2)c1)c1ccccc1. The Kier molecular flexibility index (Phi) is 6.17. The first-order valence-corrected chi connectivity index (χ1v) is 9.00. The first-order valence-electron chi connectivity index (χ1n) is 9.00. The Morgan fingerprint density at radius 1 is 0.893 bits per heavy atom. The molecule has 0 aliphatic rings. The molecule has 142 valence electrons. The van der Waals surface area contributed by atoms with Crippen LogP contribution in [0.2, 0.25) is 0 Å². The second-order valence-corrected chi connectivity index (χ2v) is 6.41. The van der Waals surface area contributed by atoms with Gasteiger partial charge in [0.2, 0.25) is 0 Å². The molecule has 0 unspecified atom stereocenters. The molecule has 0 atom stereocenters. The summed E-state index contributed by atoms with van der Waals surface area (Å²) in [5.41, 5.74) is 2.58. The van der Waals surface area contributed by atoms with E-state index in [4.69, 9.17) is 0 Å². The maximum absolute atomic E-state index is 12.9. The third-order valence-corrected chi connectivity index (χ3v) is 4.43. The second-order valence-electron chi connectivity index (χ2n) is 6.41. The van der Waals surface area contributed by atoms with Crippen LogP contribution in [0.4, 0.5) is 10.1 Å². The predicted octanol–water partition coefficient (Wildman–Crippen LogP) is 4.07. The van der Waals surface area contributed by atoms with Crippen molar-refractivity contribution >= 4 is 17.5 Å². The van der Waals surface area contributed by atoms with Gasteiger partial charge in [0.05, 0.1) is 0 Å². The summed E-state index contributed by atoms with van der Waals surface area (Å²) in [6.45, 7) is 0.423. The Bertz CT molecular complexity index is 956. The molecule has 0 bridgehead atoms. The minimum absolute atomic E-state index is 0.188. The van der Waals surface area contributed by atoms with E-state index in [2.05, 4.69) is 5.32 Å². The Hall–Kier alpha value is -3.47. The molecule has 1 N–H and O–H groups in total. The Labute approximate surface area is 163 Å². The average molecular weight is 376 g/mol. The van der Waals surface area contributed by atoms with Crippen molar-refractivity contribution in [1.82, 2.24) is 5.32 Å². The van der Waals surface area contributed by atoms with Crippen molar-refractivity contribution in [2.75, 3.05) is 18.5 Å². The van der Waals surface area contributed by atoms with E-state index in [9.17, 15) is 14.0 Å². The molecule has 0 aliphatic heterocycles. The van der Waals surface area contributed by atoms with Gasteiger partial charge in [0.1, 0.15) is 5.82 Å². The van der Waals surface area contributed by atoms with Crippen LogP contribution in [0.5, 0.6) is 0 Å². The molecule has 0 fully saturated rings. The van der Waals surface area contributed by atoms with Crippen molar-refractivity contribution in [2.24, 2.45) is 0 Å². The van der Waals surface area contributed by atoms with Crippen molar-refractivity contribution in [1.29, 1.82) is 0 Å². The summed E-state index contributed by atoms with van der Waals surface area (Å²) in [6, 6.07) is 22.2. The number of hydrogen-bond donors (Lipinski definition) is 1. The van der Waals surface area contributed by atoms with Crippen LogP contribution in [0.1, 0.15) is 26.3 Å². The Morgan fingerprint density at radius 3 is 2.29 bits per heavy atom. The van der Waals surface area contributed by atoms with Crippen LogP contribution >= 0.6 is 0 Å². The van der Waals surface area contributed by atoms with E-state index in [0.29, 0.717) is 24.1 Å². The summed E-state index contributed by atoms with van der Waals surface area (Å²) < 4.78 is 12.9. The summed E-state index contributed by atoms with van der Waals surface area (Å²) in [4.78, 5) is 26.7. The number of halogens is 1. The first kappa shape index (κ1) is 19.3. The molecule has 0 aromatic heterocycles. The Morgan fingerprint density at radius 2 is 1.57 bits per heavy atom. The molecule has 3 rings (SSSR count). The summed E-state index contributed by atoms with van der Waals surface area (Å²) in [5, 5.41) is 2.83. The molecule has 3 aromatic rings. The van der Waals surface area contributed by atoms with E-state index in [1.807, 2.05) is 30.3 Å². The number of carbonyl (C=O) groups excluding carboxylic acids is 2. The molecule has 0 radical (unpaired) electrons. The van der Waals surface area contributed by atoms with Gasteiger partial charge in [-0.3, -0.25) is 9.59 Å². The van der Waals surface area contributed by atoms with E-state index in [-0.39, 0.29) is 17.6 Å². The van der Waals surface area contributed by atoms with Gasteiger partial charge in [0.15, 0.2) is 0 Å². The molecule has 0 aliphatic carbocycles. The standard InChI is InChI=1S/C23H21FN2O2/c1-26(21-8-3-2-4-9-21)23(28)19-7-5-6-18(16-19)22(27)25-15-14-17-10-12-20(24)13-11-17/h2-13,16H,14-15H2,1H3,(H,25,27). The van der Waals surface area contributed by atoms with Crippen LogP contribution in [-0.2, 0) is 6.42 Å². The molecular weight excluding hydrogens is 355 g/mol. The third-order valence-electron chi connectivity index (χ3n) is 4.43. The number of anilines is 1. The van der Waals surface area contributed by atoms with Crippen molar-refractivity contribution in [3.63, 3.8) is 0 Å². The van der Waals surface area contributed by atoms with E-state index >= 15 is 0 Å². The highest BCUT2D eigenvalue weighted by molar-refractivity contribution is 6.07. The van der Waals surface area contributed by atoms with Gasteiger partial charge in [-0.05, 0) is 54.4 Å². The quantitative estimate of drug-likeness (QED) is 0.705. The lowest BCUT2D eigenvalue weighted by Gasteiger charge is -2.17. The molecule has 3 aromatic carbocycles. The number of rotatable bonds is 6. The summed E-state index contributed by atoms with van der Waals surface area (Å²) >= 11 is 0. The molecule has 0 heterocycles. The third kappa shape index (κ3) is 4.82. The highest BCUT2D eigenvalue weighted by Crippen LogP contribution is 2.15. The zero-order chi connectivity index (χ0) is 19.9.